The summed E-state index contributed by atoms with van der Waals surface area (Å²) >= 11 is 0. The van der Waals surface area contributed by atoms with Gasteiger partial charge in [-0.1, -0.05) is 77.9 Å². The SMILES string of the molecule is CC(C)O.CC(O)C(=O)NC(C=C1CC1)Cc1ccccc1.COCCOC(=O)C(Cc1ccccc1)NC=C1CC1. The van der Waals surface area contributed by atoms with E-state index in [1.165, 1.54) is 23.6 Å². The molecule has 0 spiro atoms. The number of esters is 1. The zero-order chi connectivity index (χ0) is 30.7. The normalized spacial score (nSPS) is 15.0. The molecule has 2 saturated carbocycles. The average molecular weight is 581 g/mol. The molecule has 42 heavy (non-hydrogen) atoms. The Morgan fingerprint density at radius 1 is 0.833 bits per heavy atom. The van der Waals surface area contributed by atoms with Gasteiger partial charge in [-0.25, -0.2) is 4.79 Å². The van der Waals surface area contributed by atoms with E-state index in [9.17, 15) is 14.7 Å². The molecule has 4 rings (SSSR count). The molecular formula is C34H48N2O6. The molecule has 3 atom stereocenters. The van der Waals surface area contributed by atoms with Crippen molar-refractivity contribution in [2.75, 3.05) is 20.3 Å². The molecule has 0 aliphatic heterocycles. The second-order valence-corrected chi connectivity index (χ2v) is 10.8. The first-order valence-corrected chi connectivity index (χ1v) is 14.7. The molecule has 0 heterocycles. The summed E-state index contributed by atoms with van der Waals surface area (Å²) in [7, 11) is 1.59. The van der Waals surface area contributed by atoms with Gasteiger partial charge >= 0.3 is 5.97 Å². The maximum atomic E-state index is 12.1. The number of hydrogen-bond donors (Lipinski definition) is 4. The fraction of sp³-hybridized carbons (Fsp3) is 0.471. The smallest absolute Gasteiger partial charge is 0.328 e. The van der Waals surface area contributed by atoms with E-state index < -0.39 is 6.10 Å². The van der Waals surface area contributed by atoms with Crippen LogP contribution in [-0.2, 0) is 31.9 Å². The molecule has 2 aromatic carbocycles. The van der Waals surface area contributed by atoms with Crippen LogP contribution in [0.15, 0.2) is 84.1 Å². The third-order valence-electron chi connectivity index (χ3n) is 6.11. The number of methoxy groups -OCH3 is 1. The first kappa shape index (κ1) is 34.7. The molecule has 0 bridgehead atoms. The van der Waals surface area contributed by atoms with Crippen molar-refractivity contribution in [3.8, 4) is 0 Å². The van der Waals surface area contributed by atoms with Gasteiger partial charge in [0.15, 0.2) is 0 Å². The summed E-state index contributed by atoms with van der Waals surface area (Å²) in [6.07, 6.45) is 8.86. The monoisotopic (exact) mass is 580 g/mol. The predicted molar refractivity (Wildman–Crippen MR) is 166 cm³/mol. The summed E-state index contributed by atoms with van der Waals surface area (Å²) in [5.41, 5.74) is 5.04. The Labute approximate surface area is 250 Å². The van der Waals surface area contributed by atoms with Gasteiger partial charge in [0.05, 0.1) is 12.6 Å². The number of rotatable bonds is 13. The van der Waals surface area contributed by atoms with Crippen LogP contribution < -0.4 is 10.6 Å². The molecule has 8 heteroatoms. The van der Waals surface area contributed by atoms with Crippen LogP contribution in [0.5, 0.6) is 0 Å². The van der Waals surface area contributed by atoms with Gasteiger partial charge in [0.1, 0.15) is 18.8 Å². The summed E-state index contributed by atoms with van der Waals surface area (Å²) < 4.78 is 10.1. The molecule has 0 radical (unpaired) electrons. The number of allylic oxidation sites excluding steroid dienone is 2. The molecule has 0 saturated heterocycles. The Bertz CT molecular complexity index is 1100. The molecule has 2 fully saturated rings. The van der Waals surface area contributed by atoms with E-state index in [4.69, 9.17) is 14.6 Å². The van der Waals surface area contributed by atoms with Gasteiger partial charge in [0.25, 0.3) is 0 Å². The van der Waals surface area contributed by atoms with Gasteiger partial charge in [-0.3, -0.25) is 4.79 Å². The average Bonchev–Trinajstić information content (AvgIpc) is 3.89. The van der Waals surface area contributed by atoms with Crippen molar-refractivity contribution in [2.24, 2.45) is 0 Å². The Kier molecular flexibility index (Phi) is 16.2. The van der Waals surface area contributed by atoms with Crippen LogP contribution >= 0.6 is 0 Å². The summed E-state index contributed by atoms with van der Waals surface area (Å²) in [6.45, 7) is 5.64. The lowest BCUT2D eigenvalue weighted by Crippen LogP contribution is -2.40. The van der Waals surface area contributed by atoms with Crippen molar-refractivity contribution in [2.45, 2.75) is 83.6 Å². The van der Waals surface area contributed by atoms with Crippen molar-refractivity contribution >= 4 is 11.9 Å². The summed E-state index contributed by atoms with van der Waals surface area (Å²) in [5, 5.41) is 23.4. The molecule has 0 aromatic heterocycles. The topological polar surface area (TPSA) is 117 Å². The van der Waals surface area contributed by atoms with E-state index in [0.717, 1.165) is 37.7 Å². The maximum Gasteiger partial charge on any atom is 0.328 e. The highest BCUT2D eigenvalue weighted by molar-refractivity contribution is 5.80. The fourth-order valence-corrected chi connectivity index (χ4v) is 3.67. The lowest BCUT2D eigenvalue weighted by molar-refractivity contribution is -0.147. The number of ether oxygens (including phenoxy) is 2. The van der Waals surface area contributed by atoms with Crippen molar-refractivity contribution in [1.29, 1.82) is 0 Å². The second kappa shape index (κ2) is 19.6. The second-order valence-electron chi connectivity index (χ2n) is 10.8. The molecule has 1 amide bonds. The van der Waals surface area contributed by atoms with Gasteiger partial charge < -0.3 is 30.3 Å². The number of carbonyl (C=O) groups is 2. The Hall–Kier alpha value is -3.46. The summed E-state index contributed by atoms with van der Waals surface area (Å²) in [4.78, 5) is 23.6. The lowest BCUT2D eigenvalue weighted by Gasteiger charge is -2.16. The molecule has 2 aliphatic carbocycles. The van der Waals surface area contributed by atoms with Gasteiger partial charge in [0.2, 0.25) is 5.91 Å². The molecule has 230 valence electrons. The minimum atomic E-state index is -0.958. The third-order valence-corrected chi connectivity index (χ3v) is 6.11. The summed E-state index contributed by atoms with van der Waals surface area (Å²) in [6, 6.07) is 19.6. The highest BCUT2D eigenvalue weighted by Gasteiger charge is 2.21. The van der Waals surface area contributed by atoms with Crippen LogP contribution in [-0.4, -0.2) is 66.7 Å². The number of hydrogen-bond acceptors (Lipinski definition) is 7. The van der Waals surface area contributed by atoms with Crippen LogP contribution in [0.2, 0.25) is 0 Å². The zero-order valence-corrected chi connectivity index (χ0v) is 25.4. The number of benzene rings is 2. The standard InChI is InChI=1S/C16H21NO3.C15H19NO2.C3H8O/c1-19-9-10-20-16(18)15(17-12-14-7-8-14)11-13-5-3-2-4-6-13;1-11(17)15(18)16-14(10-13-7-8-13)9-12-5-3-2-4-6-12;1-3(2)4/h2-6,12,15,17H,7-11H2,1H3;2-6,10-11,14,17H,7-9H2,1H3,(H,16,18);3-4H,1-2H3. The van der Waals surface area contributed by atoms with Gasteiger partial charge in [-0.05, 0) is 70.2 Å². The number of aliphatic hydroxyl groups excluding tert-OH is 2. The van der Waals surface area contributed by atoms with Gasteiger partial charge in [-0.2, -0.15) is 0 Å². The highest BCUT2D eigenvalue weighted by Crippen LogP contribution is 2.28. The molecule has 4 N–H and O–H groups in total. The van der Waals surface area contributed by atoms with Crippen LogP contribution in [0.25, 0.3) is 0 Å². The zero-order valence-electron chi connectivity index (χ0n) is 25.4. The van der Waals surface area contributed by atoms with Crippen molar-refractivity contribution in [3.63, 3.8) is 0 Å². The van der Waals surface area contributed by atoms with Crippen molar-refractivity contribution in [3.05, 3.63) is 95.2 Å². The quantitative estimate of drug-likeness (QED) is 0.159. The van der Waals surface area contributed by atoms with Crippen LogP contribution in [0.4, 0.5) is 0 Å². The fourth-order valence-electron chi connectivity index (χ4n) is 3.67. The summed E-state index contributed by atoms with van der Waals surface area (Å²) in [5.74, 6) is -0.545. The van der Waals surface area contributed by atoms with E-state index in [1.54, 1.807) is 21.0 Å². The molecule has 2 aromatic rings. The molecule has 2 aliphatic rings. The van der Waals surface area contributed by atoms with E-state index in [0.29, 0.717) is 19.6 Å². The predicted octanol–water partition coefficient (Wildman–Crippen LogP) is 4.26. The molecular weight excluding hydrogens is 532 g/mol. The lowest BCUT2D eigenvalue weighted by atomic mass is 10.0. The number of aliphatic hydroxyl groups is 2. The Morgan fingerprint density at radius 3 is 1.83 bits per heavy atom. The largest absolute Gasteiger partial charge is 0.462 e. The van der Waals surface area contributed by atoms with E-state index in [2.05, 4.69) is 16.7 Å². The van der Waals surface area contributed by atoms with Crippen LogP contribution in [0, 0.1) is 0 Å². The van der Waals surface area contributed by atoms with E-state index >= 15 is 0 Å². The molecule has 8 nitrogen and oxygen atoms in total. The number of amides is 1. The van der Waals surface area contributed by atoms with Crippen molar-refractivity contribution < 1.29 is 29.3 Å². The van der Waals surface area contributed by atoms with Crippen molar-refractivity contribution in [1.82, 2.24) is 10.6 Å². The Morgan fingerprint density at radius 2 is 1.36 bits per heavy atom. The molecule has 3 unspecified atom stereocenters. The first-order chi connectivity index (χ1) is 20.2. The van der Waals surface area contributed by atoms with E-state index in [1.807, 2.05) is 66.9 Å². The maximum absolute atomic E-state index is 12.1. The highest BCUT2D eigenvalue weighted by atomic mass is 16.6. The first-order valence-electron chi connectivity index (χ1n) is 14.7. The third kappa shape index (κ3) is 16.7. The minimum absolute atomic E-state index is 0.0213. The van der Waals surface area contributed by atoms with Crippen LogP contribution in [0.3, 0.4) is 0 Å². The minimum Gasteiger partial charge on any atom is -0.462 e. The number of carbonyl (C=O) groups excluding carboxylic acids is 2. The van der Waals surface area contributed by atoms with E-state index in [-0.39, 0.29) is 30.1 Å². The van der Waals surface area contributed by atoms with Gasteiger partial charge in [0, 0.05) is 19.6 Å². The van der Waals surface area contributed by atoms with Crippen LogP contribution in [0.1, 0.15) is 57.6 Å². The van der Waals surface area contributed by atoms with Gasteiger partial charge in [-0.15, -0.1) is 0 Å². The number of nitrogens with one attached hydrogen (secondary N) is 2. The Balaban J connectivity index is 0.000000262.